The summed E-state index contributed by atoms with van der Waals surface area (Å²) in [5.41, 5.74) is 1.18. The second-order valence-electron chi connectivity index (χ2n) is 4.76. The third kappa shape index (κ3) is 3.92. The molecule has 122 valence electrons. The lowest BCUT2D eigenvalue weighted by molar-refractivity contribution is 0.402. The van der Waals surface area contributed by atoms with Crippen molar-refractivity contribution in [3.63, 3.8) is 0 Å². The van der Waals surface area contributed by atoms with Crippen LogP contribution in [0.25, 0.3) is 0 Å². The third-order valence-electron chi connectivity index (χ3n) is 2.99. The number of nitrogens with one attached hydrogen (secondary N) is 1. The Labute approximate surface area is 133 Å². The molecule has 23 heavy (non-hydrogen) atoms. The van der Waals surface area contributed by atoms with Gasteiger partial charge in [-0.3, -0.25) is 0 Å². The number of phenolic OH excluding ortho intramolecular Hbond substituents is 2. The van der Waals surface area contributed by atoms with Crippen molar-refractivity contribution in [3.8, 4) is 17.2 Å². The Morgan fingerprint density at radius 3 is 2.52 bits per heavy atom. The molecule has 2 aromatic rings. The van der Waals surface area contributed by atoms with E-state index in [2.05, 4.69) is 9.93 Å². The third-order valence-corrected chi connectivity index (χ3v) is 4.24. The maximum atomic E-state index is 12.3. The number of nitrogens with zero attached hydrogens (tertiary/aromatic N) is 1. The molecule has 0 unspecified atom stereocenters. The highest BCUT2D eigenvalue weighted by Gasteiger charge is 2.18. The first-order chi connectivity index (χ1) is 10.8. The number of methoxy groups -OCH3 is 1. The van der Waals surface area contributed by atoms with Crippen LogP contribution in [-0.4, -0.2) is 32.0 Å². The lowest BCUT2D eigenvalue weighted by Gasteiger charge is -2.09. The van der Waals surface area contributed by atoms with Crippen LogP contribution in [0.1, 0.15) is 11.1 Å². The maximum absolute atomic E-state index is 12.3. The van der Waals surface area contributed by atoms with Crippen molar-refractivity contribution in [3.05, 3.63) is 47.5 Å². The molecule has 0 aromatic heterocycles. The minimum Gasteiger partial charge on any atom is -0.504 e. The van der Waals surface area contributed by atoms with Crippen LogP contribution in [0.4, 0.5) is 0 Å². The van der Waals surface area contributed by atoms with Gasteiger partial charge in [0.05, 0.1) is 13.3 Å². The summed E-state index contributed by atoms with van der Waals surface area (Å²) in [6.45, 7) is 1.76. The van der Waals surface area contributed by atoms with Gasteiger partial charge in [0, 0.05) is 0 Å². The highest BCUT2D eigenvalue weighted by Crippen LogP contribution is 2.25. The largest absolute Gasteiger partial charge is 0.504 e. The zero-order valence-corrected chi connectivity index (χ0v) is 13.3. The van der Waals surface area contributed by atoms with Gasteiger partial charge in [-0.05, 0) is 48.4 Å². The summed E-state index contributed by atoms with van der Waals surface area (Å²) in [7, 11) is -2.52. The fourth-order valence-corrected chi connectivity index (χ4v) is 2.88. The Morgan fingerprint density at radius 1 is 1.13 bits per heavy atom. The molecule has 7 nitrogen and oxygen atoms in total. The van der Waals surface area contributed by atoms with E-state index in [-0.39, 0.29) is 22.1 Å². The van der Waals surface area contributed by atoms with Gasteiger partial charge in [0.1, 0.15) is 10.6 Å². The van der Waals surface area contributed by atoms with E-state index in [4.69, 9.17) is 4.74 Å². The molecule has 0 aliphatic rings. The molecule has 8 heteroatoms. The van der Waals surface area contributed by atoms with Crippen molar-refractivity contribution >= 4 is 16.2 Å². The van der Waals surface area contributed by atoms with E-state index >= 15 is 0 Å². The van der Waals surface area contributed by atoms with Gasteiger partial charge in [-0.15, -0.1) is 0 Å². The number of ether oxygens (including phenoxy) is 1. The summed E-state index contributed by atoms with van der Waals surface area (Å²) in [5.74, 6) is -0.384. The molecule has 0 saturated carbocycles. The fourth-order valence-electron chi connectivity index (χ4n) is 1.83. The molecule has 0 spiro atoms. The number of aromatic hydroxyl groups is 2. The molecule has 0 aliphatic carbocycles. The average Bonchev–Trinajstić information content (AvgIpc) is 2.50. The number of hydrazone groups is 1. The highest BCUT2D eigenvalue weighted by molar-refractivity contribution is 7.89. The van der Waals surface area contributed by atoms with E-state index in [1.165, 1.54) is 37.6 Å². The van der Waals surface area contributed by atoms with Crippen molar-refractivity contribution in [1.29, 1.82) is 0 Å². The molecule has 0 atom stereocenters. The first kappa shape index (κ1) is 16.6. The maximum Gasteiger partial charge on any atom is 0.280 e. The van der Waals surface area contributed by atoms with E-state index < -0.39 is 10.0 Å². The Bertz CT molecular complexity index is 847. The van der Waals surface area contributed by atoms with Crippen molar-refractivity contribution in [2.45, 2.75) is 11.8 Å². The van der Waals surface area contributed by atoms with Crippen LogP contribution in [0.15, 0.2) is 46.4 Å². The van der Waals surface area contributed by atoms with E-state index in [0.29, 0.717) is 5.56 Å². The summed E-state index contributed by atoms with van der Waals surface area (Å²) in [6, 6.07) is 8.77. The van der Waals surface area contributed by atoms with Gasteiger partial charge in [0.15, 0.2) is 11.5 Å². The highest BCUT2D eigenvalue weighted by atomic mass is 32.2. The lowest BCUT2D eigenvalue weighted by Crippen LogP contribution is -2.19. The van der Waals surface area contributed by atoms with Gasteiger partial charge in [-0.25, -0.2) is 0 Å². The quantitative estimate of drug-likeness (QED) is 0.438. The topological polar surface area (TPSA) is 108 Å². The Balaban J connectivity index is 2.23. The monoisotopic (exact) mass is 336 g/mol. The summed E-state index contributed by atoms with van der Waals surface area (Å²) < 4.78 is 29.6. The zero-order chi connectivity index (χ0) is 17.0. The van der Waals surface area contributed by atoms with Crippen LogP contribution in [-0.2, 0) is 10.0 Å². The second-order valence-corrected chi connectivity index (χ2v) is 6.38. The number of phenols is 2. The first-order valence-corrected chi connectivity index (χ1v) is 8.03. The minimum atomic E-state index is -3.90. The average molecular weight is 336 g/mol. The van der Waals surface area contributed by atoms with Gasteiger partial charge in [-0.2, -0.15) is 18.4 Å². The molecule has 2 rings (SSSR count). The molecule has 0 bridgehead atoms. The standard InChI is InChI=1S/C15H16N2O5S/c1-10-3-6-14(22-2)15(7-10)23(20,21)17-16-9-11-4-5-12(18)13(19)8-11/h3-9,17-19H,1-2H3/b16-9+. The van der Waals surface area contributed by atoms with Crippen LogP contribution in [0.3, 0.4) is 0 Å². The molecule has 0 amide bonds. The summed E-state index contributed by atoms with van der Waals surface area (Å²) in [5, 5.41) is 22.2. The van der Waals surface area contributed by atoms with Crippen LogP contribution in [0.5, 0.6) is 17.2 Å². The number of hydrogen-bond acceptors (Lipinski definition) is 6. The molecule has 2 aromatic carbocycles. The number of rotatable bonds is 5. The molecule has 3 N–H and O–H groups in total. The normalized spacial score (nSPS) is 11.6. The number of sulfonamides is 1. The van der Waals surface area contributed by atoms with Gasteiger partial charge in [-0.1, -0.05) is 6.07 Å². The van der Waals surface area contributed by atoms with Crippen molar-refractivity contribution in [2.75, 3.05) is 7.11 Å². The number of benzene rings is 2. The van der Waals surface area contributed by atoms with E-state index in [1.54, 1.807) is 19.1 Å². The summed E-state index contributed by atoms with van der Waals surface area (Å²) in [6.07, 6.45) is 1.21. The predicted molar refractivity (Wildman–Crippen MR) is 85.4 cm³/mol. The van der Waals surface area contributed by atoms with Gasteiger partial charge in [0.25, 0.3) is 10.0 Å². The number of aryl methyl sites for hydroxylation is 1. The fraction of sp³-hybridized carbons (Fsp3) is 0.133. The molecule has 0 heterocycles. The summed E-state index contributed by atoms with van der Waals surface area (Å²) in [4.78, 5) is 2.05. The Morgan fingerprint density at radius 2 is 1.87 bits per heavy atom. The summed E-state index contributed by atoms with van der Waals surface area (Å²) >= 11 is 0. The Hall–Kier alpha value is -2.74. The number of hydrogen-bond donors (Lipinski definition) is 3. The van der Waals surface area contributed by atoms with Crippen molar-refractivity contribution < 1.29 is 23.4 Å². The van der Waals surface area contributed by atoms with E-state index in [1.807, 2.05) is 0 Å². The minimum absolute atomic E-state index is 0.0225. The molecular weight excluding hydrogens is 320 g/mol. The van der Waals surface area contributed by atoms with Crippen molar-refractivity contribution in [1.82, 2.24) is 4.83 Å². The lowest BCUT2D eigenvalue weighted by atomic mass is 10.2. The van der Waals surface area contributed by atoms with E-state index in [9.17, 15) is 18.6 Å². The van der Waals surface area contributed by atoms with Crippen LogP contribution in [0.2, 0.25) is 0 Å². The molecule has 0 saturated heterocycles. The smallest absolute Gasteiger partial charge is 0.280 e. The van der Waals surface area contributed by atoms with Gasteiger partial charge >= 0.3 is 0 Å². The Kier molecular flexibility index (Phi) is 4.75. The van der Waals surface area contributed by atoms with Gasteiger partial charge in [0.2, 0.25) is 0 Å². The first-order valence-electron chi connectivity index (χ1n) is 6.55. The molecule has 0 aliphatic heterocycles. The van der Waals surface area contributed by atoms with Crippen LogP contribution >= 0.6 is 0 Å². The van der Waals surface area contributed by atoms with Gasteiger partial charge < -0.3 is 14.9 Å². The SMILES string of the molecule is COc1ccc(C)cc1S(=O)(=O)N/N=C/c1ccc(O)c(O)c1. The van der Waals surface area contributed by atoms with Crippen LogP contribution in [0, 0.1) is 6.92 Å². The zero-order valence-electron chi connectivity index (χ0n) is 12.5. The molecule has 0 fully saturated rings. The second kappa shape index (κ2) is 6.57. The molecular formula is C15H16N2O5S. The molecule has 0 radical (unpaired) electrons. The predicted octanol–water partition coefficient (Wildman–Crippen LogP) is 1.73. The van der Waals surface area contributed by atoms with Crippen LogP contribution < -0.4 is 9.57 Å². The van der Waals surface area contributed by atoms with E-state index in [0.717, 1.165) is 5.56 Å². The van der Waals surface area contributed by atoms with Crippen molar-refractivity contribution in [2.24, 2.45) is 5.10 Å².